The van der Waals surface area contributed by atoms with Crippen molar-refractivity contribution in [2.45, 2.75) is 25.1 Å². The number of carboxylic acids is 1. The Kier molecular flexibility index (Phi) is 9.67. The smallest absolute Gasteiger partial charge is 0.305 e. The van der Waals surface area contributed by atoms with Gasteiger partial charge in [0.05, 0.1) is 19.2 Å². The maximum atomic E-state index is 12.2. The van der Waals surface area contributed by atoms with E-state index in [1.807, 2.05) is 37.3 Å². The summed E-state index contributed by atoms with van der Waals surface area (Å²) in [6.07, 6.45) is 1.15. The molecule has 2 amide bonds. The van der Waals surface area contributed by atoms with Gasteiger partial charge < -0.3 is 25.2 Å². The quantitative estimate of drug-likeness (QED) is 0.282. The molecule has 0 bridgehead atoms. The monoisotopic (exact) mass is 562 g/mol. The molecule has 1 heterocycles. The normalized spacial score (nSPS) is 16.3. The van der Waals surface area contributed by atoms with Gasteiger partial charge in [-0.1, -0.05) is 42.1 Å². The maximum absolute atomic E-state index is 12.2. The largest absolute Gasteiger partial charge is 0.490 e. The molecule has 2 aromatic carbocycles. The van der Waals surface area contributed by atoms with E-state index in [9.17, 15) is 14.4 Å². The second-order valence-electron chi connectivity index (χ2n) is 7.15. The van der Waals surface area contributed by atoms with Crippen LogP contribution in [-0.2, 0) is 20.9 Å². The minimum absolute atomic E-state index is 0.186. The van der Waals surface area contributed by atoms with E-state index < -0.39 is 17.1 Å². The molecule has 0 aliphatic carbocycles. The molecule has 12 heteroatoms. The van der Waals surface area contributed by atoms with E-state index in [0.717, 1.165) is 17.3 Å². The number of ether oxygens (including phenoxy) is 2. The first-order valence-electron chi connectivity index (χ1n) is 10.6. The zero-order valence-electron chi connectivity index (χ0n) is 18.7. The van der Waals surface area contributed by atoms with Crippen molar-refractivity contribution in [3.8, 4) is 11.5 Å². The van der Waals surface area contributed by atoms with E-state index >= 15 is 0 Å². The summed E-state index contributed by atoms with van der Waals surface area (Å²) in [5, 5.41) is 21.6. The van der Waals surface area contributed by atoms with Crippen molar-refractivity contribution in [1.29, 1.82) is 0 Å². The highest BCUT2D eigenvalue weighted by molar-refractivity contribution is 9.10. The molecule has 0 radical (unpaired) electrons. The second kappa shape index (κ2) is 12.9. The number of halogens is 1. The molecule has 0 spiro atoms. The van der Waals surface area contributed by atoms with Crippen molar-refractivity contribution in [2.75, 3.05) is 13.2 Å². The van der Waals surface area contributed by atoms with Crippen LogP contribution < -0.4 is 20.1 Å². The van der Waals surface area contributed by atoms with Crippen LogP contribution in [-0.4, -0.2) is 52.7 Å². The number of nitrogens with one attached hydrogen (secondary N) is 2. The Bertz CT molecular complexity index is 1140. The Balaban J connectivity index is 1.62. The Hall–Kier alpha value is -3.38. The summed E-state index contributed by atoms with van der Waals surface area (Å²) >= 11 is 4.46. The third-order valence-electron chi connectivity index (χ3n) is 4.54. The summed E-state index contributed by atoms with van der Waals surface area (Å²) in [6, 6.07) is 12.9. The third kappa shape index (κ3) is 8.11. The fraction of sp³-hybridized carbons (Fsp3) is 0.261. The zero-order chi connectivity index (χ0) is 25.2. The molecule has 1 atom stereocenters. The van der Waals surface area contributed by atoms with Gasteiger partial charge in [-0.25, -0.2) is 0 Å². The van der Waals surface area contributed by atoms with Gasteiger partial charge in [-0.3, -0.25) is 14.4 Å². The van der Waals surface area contributed by atoms with E-state index in [1.54, 1.807) is 12.1 Å². The van der Waals surface area contributed by atoms with Crippen molar-refractivity contribution < 1.29 is 29.0 Å². The Labute approximate surface area is 214 Å². The zero-order valence-corrected chi connectivity index (χ0v) is 21.1. The average Bonchev–Trinajstić information content (AvgIpc) is 3.17. The highest BCUT2D eigenvalue weighted by Crippen LogP contribution is 2.33. The minimum atomic E-state index is -1.06. The fourth-order valence-corrected chi connectivity index (χ4v) is 4.25. The SMILES string of the molecule is CCOc1cc(C=NN=C2NC(=O)C(CC(=O)O)S2)c(Br)cc1OCC(=O)NCc1ccccc1. The molecular weight excluding hydrogens is 540 g/mol. The molecule has 0 saturated carbocycles. The molecule has 1 aliphatic rings. The first kappa shape index (κ1) is 26.2. The van der Waals surface area contributed by atoms with Crippen molar-refractivity contribution >= 4 is 56.9 Å². The molecule has 35 heavy (non-hydrogen) atoms. The first-order valence-corrected chi connectivity index (χ1v) is 12.2. The number of amides is 2. The van der Waals surface area contributed by atoms with Gasteiger partial charge in [0.2, 0.25) is 5.91 Å². The average molecular weight is 563 g/mol. The number of aliphatic carboxylic acids is 1. The van der Waals surface area contributed by atoms with E-state index in [1.165, 1.54) is 6.21 Å². The Morgan fingerprint density at radius 2 is 1.97 bits per heavy atom. The molecule has 1 fully saturated rings. The summed E-state index contributed by atoms with van der Waals surface area (Å²) in [4.78, 5) is 34.8. The van der Waals surface area contributed by atoms with Gasteiger partial charge in [-0.2, -0.15) is 5.10 Å². The summed E-state index contributed by atoms with van der Waals surface area (Å²) in [6.45, 7) is 2.42. The number of thioether (sulfide) groups is 1. The first-order chi connectivity index (χ1) is 16.9. The number of carbonyl (C=O) groups is 3. The minimum Gasteiger partial charge on any atom is -0.490 e. The molecule has 3 rings (SSSR count). The van der Waals surface area contributed by atoms with E-state index in [2.05, 4.69) is 36.8 Å². The number of hydrogen-bond donors (Lipinski definition) is 3. The predicted molar refractivity (Wildman–Crippen MR) is 136 cm³/mol. The number of carboxylic acid groups (broad SMARTS) is 1. The lowest BCUT2D eigenvalue weighted by atomic mass is 10.2. The molecule has 10 nitrogen and oxygen atoms in total. The van der Waals surface area contributed by atoms with E-state index in [4.69, 9.17) is 14.6 Å². The number of carbonyl (C=O) groups excluding carboxylic acids is 2. The van der Waals surface area contributed by atoms with Gasteiger partial charge in [0.15, 0.2) is 23.3 Å². The summed E-state index contributed by atoms with van der Waals surface area (Å²) < 4.78 is 11.9. The van der Waals surface area contributed by atoms with Crippen molar-refractivity contribution in [2.24, 2.45) is 10.2 Å². The van der Waals surface area contributed by atoms with Crippen molar-refractivity contribution in [3.05, 3.63) is 58.1 Å². The number of amidine groups is 1. The number of hydrogen-bond acceptors (Lipinski definition) is 8. The predicted octanol–water partition coefficient (Wildman–Crippen LogP) is 2.94. The van der Waals surface area contributed by atoms with Crippen LogP contribution in [0.2, 0.25) is 0 Å². The molecular formula is C23H23BrN4O6S. The van der Waals surface area contributed by atoms with Gasteiger partial charge >= 0.3 is 5.97 Å². The van der Waals surface area contributed by atoms with Crippen LogP contribution in [0.1, 0.15) is 24.5 Å². The summed E-state index contributed by atoms with van der Waals surface area (Å²) in [5.74, 6) is -0.949. The third-order valence-corrected chi connectivity index (χ3v) is 6.29. The molecule has 1 unspecified atom stereocenters. The number of benzene rings is 2. The van der Waals surface area contributed by atoms with E-state index in [0.29, 0.717) is 34.7 Å². The lowest BCUT2D eigenvalue weighted by molar-refractivity contribution is -0.138. The van der Waals surface area contributed by atoms with Crippen LogP contribution in [0.15, 0.2) is 57.1 Å². The fourth-order valence-electron chi connectivity index (χ4n) is 2.91. The lowest BCUT2D eigenvalue weighted by Crippen LogP contribution is -2.28. The molecule has 1 aliphatic heterocycles. The van der Waals surface area contributed by atoms with Crippen LogP contribution in [0, 0.1) is 0 Å². The van der Waals surface area contributed by atoms with Crippen LogP contribution in [0.5, 0.6) is 11.5 Å². The summed E-state index contributed by atoms with van der Waals surface area (Å²) in [7, 11) is 0. The molecule has 2 aromatic rings. The van der Waals surface area contributed by atoms with Crippen molar-refractivity contribution in [1.82, 2.24) is 10.6 Å². The molecule has 184 valence electrons. The van der Waals surface area contributed by atoms with Crippen molar-refractivity contribution in [3.63, 3.8) is 0 Å². The lowest BCUT2D eigenvalue weighted by Gasteiger charge is -2.14. The topological polar surface area (TPSA) is 139 Å². The Morgan fingerprint density at radius 1 is 1.23 bits per heavy atom. The van der Waals surface area contributed by atoms with Gasteiger partial charge in [0, 0.05) is 16.6 Å². The standard InChI is InChI=1S/C23H23BrN4O6S/c1-2-33-17-8-15(12-26-28-23-27-22(32)19(35-23)10-21(30)31)16(24)9-18(17)34-13-20(29)25-11-14-6-4-3-5-7-14/h3-9,12,19H,2,10-11,13H2,1H3,(H,25,29)(H,30,31)(H,27,28,32). The maximum Gasteiger partial charge on any atom is 0.305 e. The van der Waals surface area contributed by atoms with Gasteiger partial charge in [0.1, 0.15) is 5.25 Å². The number of rotatable bonds is 11. The number of nitrogens with zero attached hydrogens (tertiary/aromatic N) is 2. The summed E-state index contributed by atoms with van der Waals surface area (Å²) in [5.41, 5.74) is 1.61. The molecule has 0 aromatic heterocycles. The Morgan fingerprint density at radius 3 is 2.69 bits per heavy atom. The van der Waals surface area contributed by atoms with Gasteiger partial charge in [0.25, 0.3) is 5.91 Å². The van der Waals surface area contributed by atoms with Crippen LogP contribution in [0.3, 0.4) is 0 Å². The van der Waals surface area contributed by atoms with Crippen LogP contribution in [0.25, 0.3) is 0 Å². The molecule has 1 saturated heterocycles. The van der Waals surface area contributed by atoms with Gasteiger partial charge in [-0.15, -0.1) is 5.10 Å². The highest BCUT2D eigenvalue weighted by atomic mass is 79.9. The highest BCUT2D eigenvalue weighted by Gasteiger charge is 2.32. The second-order valence-corrected chi connectivity index (χ2v) is 9.19. The molecule has 3 N–H and O–H groups in total. The van der Waals surface area contributed by atoms with Crippen LogP contribution in [0.4, 0.5) is 0 Å². The van der Waals surface area contributed by atoms with Crippen LogP contribution >= 0.6 is 27.7 Å². The van der Waals surface area contributed by atoms with Gasteiger partial charge in [-0.05, 0) is 40.5 Å². The van der Waals surface area contributed by atoms with E-state index in [-0.39, 0.29) is 24.1 Å².